The van der Waals surface area contributed by atoms with Crippen LogP contribution in [0.1, 0.15) is 0 Å². The zero-order valence-electron chi connectivity index (χ0n) is 2.91. The van der Waals surface area contributed by atoms with E-state index in [-0.39, 0.29) is 0 Å². The van der Waals surface area contributed by atoms with Crippen molar-refractivity contribution >= 4 is 24.9 Å². The van der Waals surface area contributed by atoms with Gasteiger partial charge in [-0.2, -0.15) is 0 Å². The second-order valence-corrected chi connectivity index (χ2v) is 2.82. The normalized spacial score (nSPS) is 4.33. The van der Waals surface area contributed by atoms with Gasteiger partial charge in [-0.3, -0.25) is 5.41 Å². The molecule has 0 unspecified atom stereocenters. The van der Waals surface area contributed by atoms with E-state index in [0.717, 1.165) is 6.34 Å². The van der Waals surface area contributed by atoms with E-state index in [2.05, 4.69) is 5.73 Å². The van der Waals surface area contributed by atoms with Crippen LogP contribution in [0.2, 0.25) is 0 Å². The molecule has 2 nitrogen and oxygen atoms in total. The fourth-order valence-corrected chi connectivity index (χ4v) is 0. The van der Waals surface area contributed by atoms with Crippen LogP contribution in [0.3, 0.4) is 0 Å². The molecule has 0 radical (unpaired) electrons. The first-order valence-electron chi connectivity index (χ1n) is 1.000. The van der Waals surface area contributed by atoms with Crippen molar-refractivity contribution in [3.8, 4) is 0 Å². The molecule has 0 aliphatic heterocycles. The molecule has 5 heteroatoms. The van der Waals surface area contributed by atoms with Gasteiger partial charge in [0.2, 0.25) is 0 Å². The van der Waals surface area contributed by atoms with Crippen molar-refractivity contribution in [1.82, 2.24) is 0 Å². The fourth-order valence-electron chi connectivity index (χ4n) is 0. The summed E-state index contributed by atoms with van der Waals surface area (Å²) >= 11 is -0.556. The van der Waals surface area contributed by atoms with E-state index in [4.69, 9.17) is 24.0 Å². The van der Waals surface area contributed by atoms with Gasteiger partial charge in [0, 0.05) is 0 Å². The molecule has 3 N–H and O–H groups in total. The van der Waals surface area contributed by atoms with Gasteiger partial charge in [0.05, 0.1) is 6.34 Å². The topological polar surface area (TPSA) is 49.9 Å². The minimum absolute atomic E-state index is 0.556. The molecule has 0 aliphatic carbocycles. The van der Waals surface area contributed by atoms with Gasteiger partial charge in [-0.1, -0.05) is 0 Å². The van der Waals surface area contributed by atoms with E-state index < -0.39 is 17.0 Å². The zero-order chi connectivity index (χ0) is 5.41. The molecule has 36 valence electrons. The maximum absolute atomic E-state index is 5.86. The van der Waals surface area contributed by atoms with Crippen molar-refractivity contribution in [3.05, 3.63) is 0 Å². The second kappa shape index (κ2) is 17.1. The third kappa shape index (κ3) is 116. The molecule has 0 amide bonds. The molecule has 6 heavy (non-hydrogen) atoms. The molecule has 0 spiro atoms. The standard InChI is InChI=1S/CH4N2.2ClH.Ti/c2-1-3;;;/h1H,(H3,2,3);2*1H;/q;;;+2/p-2. The molecule has 0 saturated heterocycles. The molecule has 0 fully saturated rings. The monoisotopic (exact) mass is 162 g/mol. The molecular weight excluding hydrogens is 159 g/mol. The molecule has 0 aromatic carbocycles. The van der Waals surface area contributed by atoms with Crippen LogP contribution < -0.4 is 5.73 Å². The van der Waals surface area contributed by atoms with Gasteiger partial charge in [-0.25, -0.2) is 0 Å². The van der Waals surface area contributed by atoms with E-state index >= 15 is 0 Å². The van der Waals surface area contributed by atoms with E-state index in [0.29, 0.717) is 0 Å². The van der Waals surface area contributed by atoms with Gasteiger partial charge in [-0.05, 0) is 0 Å². The molecule has 0 saturated carbocycles. The van der Waals surface area contributed by atoms with Crippen LogP contribution in [0.15, 0.2) is 0 Å². The Hall–Kier alpha value is 0.764. The Morgan fingerprint density at radius 2 is 1.67 bits per heavy atom. The molecule has 0 bridgehead atoms. The molecule has 0 atom stereocenters. The average molecular weight is 163 g/mol. The maximum atomic E-state index is 5.86. The Balaban J connectivity index is 0. The van der Waals surface area contributed by atoms with Crippen LogP contribution in [0.5, 0.6) is 0 Å². The van der Waals surface area contributed by atoms with Crippen LogP contribution in [0.25, 0.3) is 0 Å². The molecule has 0 heterocycles. The van der Waals surface area contributed by atoms with Crippen molar-refractivity contribution in [2.24, 2.45) is 5.73 Å². The van der Waals surface area contributed by atoms with Crippen molar-refractivity contribution in [2.45, 2.75) is 0 Å². The number of halogens is 2. The summed E-state index contributed by atoms with van der Waals surface area (Å²) in [7, 11) is 9.78. The number of hydrogen-bond donors (Lipinski definition) is 2. The predicted molar refractivity (Wildman–Crippen MR) is 24.7 cm³/mol. The van der Waals surface area contributed by atoms with Crippen molar-refractivity contribution in [3.63, 3.8) is 0 Å². The Labute approximate surface area is 53.2 Å². The van der Waals surface area contributed by atoms with E-state index in [1.807, 2.05) is 0 Å². The second-order valence-electron chi connectivity index (χ2n) is 0.238. The summed E-state index contributed by atoms with van der Waals surface area (Å²) < 4.78 is 0. The van der Waals surface area contributed by atoms with Gasteiger partial charge in [0.1, 0.15) is 0 Å². The van der Waals surface area contributed by atoms with Crippen LogP contribution in [0.4, 0.5) is 0 Å². The molecule has 0 aromatic heterocycles. The number of rotatable bonds is 0. The van der Waals surface area contributed by atoms with Crippen LogP contribution in [-0.2, 0) is 17.0 Å². The Morgan fingerprint density at radius 1 is 1.67 bits per heavy atom. The van der Waals surface area contributed by atoms with Gasteiger partial charge in [0.25, 0.3) is 0 Å². The molecule has 0 aromatic rings. The molecule has 0 aliphatic rings. The van der Waals surface area contributed by atoms with Gasteiger partial charge in [-0.15, -0.1) is 0 Å². The van der Waals surface area contributed by atoms with Crippen molar-refractivity contribution in [2.75, 3.05) is 0 Å². The average Bonchev–Trinajstić information content (AvgIpc) is 1.39. The summed E-state index contributed by atoms with van der Waals surface area (Å²) in [6.07, 6.45) is 0.750. The third-order valence-electron chi connectivity index (χ3n) is 0. The Kier molecular flexibility index (Phi) is 28.3. The first-order valence-corrected chi connectivity index (χ1v) is 5.30. The van der Waals surface area contributed by atoms with Crippen LogP contribution in [-0.4, -0.2) is 6.34 Å². The summed E-state index contributed by atoms with van der Waals surface area (Å²) in [5.41, 5.74) is 4.39. The quantitative estimate of drug-likeness (QED) is 0.311. The number of hydrogen-bond acceptors (Lipinski definition) is 1. The first kappa shape index (κ1) is 9.90. The summed E-state index contributed by atoms with van der Waals surface area (Å²) in [6, 6.07) is 0. The van der Waals surface area contributed by atoms with Crippen molar-refractivity contribution < 1.29 is 17.0 Å². The van der Waals surface area contributed by atoms with Gasteiger partial charge in [0.15, 0.2) is 0 Å². The van der Waals surface area contributed by atoms with Crippen molar-refractivity contribution in [1.29, 1.82) is 5.41 Å². The minimum atomic E-state index is -0.556. The first-order chi connectivity index (χ1) is 2.83. The SMILES string of the molecule is N=CN.[Cl][Ti][Cl]. The van der Waals surface area contributed by atoms with Crippen LogP contribution in [0, 0.1) is 5.41 Å². The van der Waals surface area contributed by atoms with E-state index in [1.165, 1.54) is 0 Å². The van der Waals surface area contributed by atoms with Gasteiger partial charge < -0.3 is 5.73 Å². The fraction of sp³-hybridized carbons (Fsp3) is 0. The number of nitrogens with two attached hydrogens (primary N) is 1. The Morgan fingerprint density at radius 3 is 1.67 bits per heavy atom. The zero-order valence-corrected chi connectivity index (χ0v) is 5.98. The van der Waals surface area contributed by atoms with Gasteiger partial charge >= 0.3 is 35.6 Å². The summed E-state index contributed by atoms with van der Waals surface area (Å²) in [4.78, 5) is 0. The summed E-state index contributed by atoms with van der Waals surface area (Å²) in [6.45, 7) is 0. The van der Waals surface area contributed by atoms with E-state index in [9.17, 15) is 0 Å². The van der Waals surface area contributed by atoms with E-state index in [1.54, 1.807) is 0 Å². The Bertz CT molecular complexity index is 25.5. The molecular formula is CH4Cl2N2Ti. The summed E-state index contributed by atoms with van der Waals surface area (Å²) in [5, 5.41) is 5.86. The van der Waals surface area contributed by atoms with Crippen LogP contribution >= 0.6 is 18.6 Å². The third-order valence-corrected chi connectivity index (χ3v) is 0. The number of nitrogens with one attached hydrogen (secondary N) is 1. The molecule has 0 rings (SSSR count). The summed E-state index contributed by atoms with van der Waals surface area (Å²) in [5.74, 6) is 0. The predicted octanol–water partition coefficient (Wildman–Crippen LogP) is 0.929.